The second-order valence-electron chi connectivity index (χ2n) is 5.91. The Morgan fingerprint density at radius 1 is 1.11 bits per heavy atom. The van der Waals surface area contributed by atoms with E-state index in [1.54, 1.807) is 0 Å². The van der Waals surface area contributed by atoms with Gasteiger partial charge in [0.2, 0.25) is 0 Å². The van der Waals surface area contributed by atoms with Gasteiger partial charge in [0.05, 0.1) is 12.7 Å². The summed E-state index contributed by atoms with van der Waals surface area (Å²) < 4.78 is 6.17. The Balaban J connectivity index is 0.00000133. The van der Waals surface area contributed by atoms with E-state index in [2.05, 4.69) is 37.4 Å². The highest BCUT2D eigenvalue weighted by Gasteiger charge is 2.33. The van der Waals surface area contributed by atoms with Crippen molar-refractivity contribution in [1.82, 2.24) is 5.32 Å². The van der Waals surface area contributed by atoms with Crippen molar-refractivity contribution in [3.63, 3.8) is 0 Å². The van der Waals surface area contributed by atoms with E-state index in [1.807, 2.05) is 0 Å². The number of nitrogens with one attached hydrogen (secondary N) is 1. The average molecular weight is 282 g/mol. The van der Waals surface area contributed by atoms with Crippen LogP contribution in [0.1, 0.15) is 42.4 Å². The number of fused-ring (bicyclic) bond motifs is 2. The molecule has 2 saturated heterocycles. The molecule has 3 atom stereocenters. The molecule has 0 amide bonds. The molecule has 0 saturated carbocycles. The molecular weight excluding hydrogens is 258 g/mol. The van der Waals surface area contributed by atoms with E-state index in [4.69, 9.17) is 4.74 Å². The quantitative estimate of drug-likeness (QED) is 0.915. The number of rotatable bonds is 3. The van der Waals surface area contributed by atoms with Gasteiger partial charge in [-0.15, -0.1) is 12.4 Å². The molecule has 2 bridgehead atoms. The first-order chi connectivity index (χ1) is 8.72. The van der Waals surface area contributed by atoms with Gasteiger partial charge in [-0.25, -0.2) is 0 Å². The van der Waals surface area contributed by atoms with Crippen LogP contribution in [-0.4, -0.2) is 18.2 Å². The SMILES string of the molecule is Cc1cccc(C)c1CO[C@H]1C[C@H]2CC[C@@H](C1)N2.Cl. The van der Waals surface area contributed by atoms with Crippen LogP contribution in [0.4, 0.5) is 0 Å². The summed E-state index contributed by atoms with van der Waals surface area (Å²) in [6.45, 7) is 5.14. The minimum atomic E-state index is 0. The van der Waals surface area contributed by atoms with E-state index < -0.39 is 0 Å². The summed E-state index contributed by atoms with van der Waals surface area (Å²) in [5.41, 5.74) is 4.09. The van der Waals surface area contributed by atoms with Crippen LogP contribution in [0.3, 0.4) is 0 Å². The maximum Gasteiger partial charge on any atom is 0.0725 e. The summed E-state index contributed by atoms with van der Waals surface area (Å²) in [5.74, 6) is 0. The van der Waals surface area contributed by atoms with Gasteiger partial charge in [0, 0.05) is 12.1 Å². The maximum absolute atomic E-state index is 6.17. The molecular formula is C16H24ClNO. The van der Waals surface area contributed by atoms with Crippen LogP contribution >= 0.6 is 12.4 Å². The third-order valence-electron chi connectivity index (χ3n) is 4.54. The number of piperidine rings is 1. The van der Waals surface area contributed by atoms with Gasteiger partial charge < -0.3 is 10.1 Å². The lowest BCUT2D eigenvalue weighted by Gasteiger charge is -2.29. The number of aryl methyl sites for hydroxylation is 2. The van der Waals surface area contributed by atoms with Crippen LogP contribution in [0.5, 0.6) is 0 Å². The molecule has 0 unspecified atom stereocenters. The number of halogens is 1. The van der Waals surface area contributed by atoms with Gasteiger partial charge in [-0.1, -0.05) is 18.2 Å². The molecule has 2 nitrogen and oxygen atoms in total. The van der Waals surface area contributed by atoms with Crippen molar-refractivity contribution in [1.29, 1.82) is 0 Å². The highest BCUT2D eigenvalue weighted by molar-refractivity contribution is 5.85. The van der Waals surface area contributed by atoms with E-state index >= 15 is 0 Å². The van der Waals surface area contributed by atoms with Crippen molar-refractivity contribution in [3.8, 4) is 0 Å². The fourth-order valence-electron chi connectivity index (χ4n) is 3.42. The summed E-state index contributed by atoms with van der Waals surface area (Å²) in [6, 6.07) is 7.91. The van der Waals surface area contributed by atoms with Crippen LogP contribution in [0.25, 0.3) is 0 Å². The number of hydrogen-bond donors (Lipinski definition) is 1. The minimum absolute atomic E-state index is 0. The zero-order valence-electron chi connectivity index (χ0n) is 11.8. The van der Waals surface area contributed by atoms with Crippen molar-refractivity contribution in [3.05, 3.63) is 34.9 Å². The Morgan fingerprint density at radius 2 is 1.68 bits per heavy atom. The molecule has 2 fully saturated rings. The molecule has 2 heterocycles. The third kappa shape index (κ3) is 3.31. The lowest BCUT2D eigenvalue weighted by atomic mass is 10.0. The van der Waals surface area contributed by atoms with Crippen molar-refractivity contribution >= 4 is 12.4 Å². The van der Waals surface area contributed by atoms with Gasteiger partial charge in [-0.3, -0.25) is 0 Å². The van der Waals surface area contributed by atoms with Gasteiger partial charge >= 0.3 is 0 Å². The summed E-state index contributed by atoms with van der Waals surface area (Å²) in [7, 11) is 0. The third-order valence-corrected chi connectivity index (χ3v) is 4.54. The Hall–Kier alpha value is -0.570. The summed E-state index contributed by atoms with van der Waals surface area (Å²) in [6.07, 6.45) is 5.53. The highest BCUT2D eigenvalue weighted by Crippen LogP contribution is 2.29. The fourth-order valence-corrected chi connectivity index (χ4v) is 3.42. The van der Waals surface area contributed by atoms with E-state index in [1.165, 1.54) is 42.4 Å². The highest BCUT2D eigenvalue weighted by atomic mass is 35.5. The average Bonchev–Trinajstić information content (AvgIpc) is 2.68. The Bertz CT molecular complexity index is 403. The summed E-state index contributed by atoms with van der Waals surface area (Å²) >= 11 is 0. The molecule has 0 spiro atoms. The molecule has 2 aliphatic heterocycles. The molecule has 0 aliphatic carbocycles. The van der Waals surface area contributed by atoms with Crippen molar-refractivity contribution in [2.45, 2.75) is 64.3 Å². The molecule has 0 radical (unpaired) electrons. The van der Waals surface area contributed by atoms with Crippen molar-refractivity contribution < 1.29 is 4.74 Å². The van der Waals surface area contributed by atoms with Crippen LogP contribution in [0.15, 0.2) is 18.2 Å². The zero-order valence-corrected chi connectivity index (χ0v) is 12.6. The van der Waals surface area contributed by atoms with Gasteiger partial charge in [0.15, 0.2) is 0 Å². The first kappa shape index (κ1) is 14.8. The van der Waals surface area contributed by atoms with E-state index in [0.717, 1.165) is 6.61 Å². The van der Waals surface area contributed by atoms with Gasteiger partial charge in [0.25, 0.3) is 0 Å². The molecule has 3 rings (SSSR count). The van der Waals surface area contributed by atoms with Gasteiger partial charge in [0.1, 0.15) is 0 Å². The second kappa shape index (κ2) is 6.25. The molecule has 1 aromatic rings. The standard InChI is InChI=1S/C16H23NO.ClH/c1-11-4-3-5-12(2)16(11)10-18-15-8-13-6-7-14(9-15)17-13;/h3-5,13-15,17H,6-10H2,1-2H3;1H/t13-,14+,15+;. The number of ether oxygens (including phenoxy) is 1. The number of hydrogen-bond acceptors (Lipinski definition) is 2. The lowest BCUT2D eigenvalue weighted by Crippen LogP contribution is -2.41. The Kier molecular flexibility index (Phi) is 4.88. The predicted octanol–water partition coefficient (Wildman–Crippen LogP) is 3.52. The van der Waals surface area contributed by atoms with Crippen LogP contribution < -0.4 is 5.32 Å². The monoisotopic (exact) mass is 281 g/mol. The molecule has 19 heavy (non-hydrogen) atoms. The molecule has 1 aromatic carbocycles. The minimum Gasteiger partial charge on any atom is -0.373 e. The first-order valence-corrected chi connectivity index (χ1v) is 7.15. The normalized spacial score (nSPS) is 29.1. The second-order valence-corrected chi connectivity index (χ2v) is 5.91. The molecule has 0 aromatic heterocycles. The summed E-state index contributed by atoms with van der Waals surface area (Å²) in [4.78, 5) is 0. The molecule has 1 N–H and O–H groups in total. The maximum atomic E-state index is 6.17. The van der Waals surface area contributed by atoms with Gasteiger partial charge in [-0.2, -0.15) is 0 Å². The largest absolute Gasteiger partial charge is 0.373 e. The lowest BCUT2D eigenvalue weighted by molar-refractivity contribution is 0.00876. The number of benzene rings is 1. The van der Waals surface area contributed by atoms with Crippen molar-refractivity contribution in [2.75, 3.05) is 0 Å². The van der Waals surface area contributed by atoms with E-state index in [9.17, 15) is 0 Å². The Morgan fingerprint density at radius 3 is 2.26 bits per heavy atom. The van der Waals surface area contributed by atoms with Crippen molar-refractivity contribution in [2.24, 2.45) is 0 Å². The zero-order chi connectivity index (χ0) is 12.5. The van der Waals surface area contributed by atoms with Crippen LogP contribution in [0.2, 0.25) is 0 Å². The van der Waals surface area contributed by atoms with Crippen LogP contribution in [-0.2, 0) is 11.3 Å². The summed E-state index contributed by atoms with van der Waals surface area (Å²) in [5, 5.41) is 3.66. The van der Waals surface area contributed by atoms with Gasteiger partial charge in [-0.05, 0) is 56.2 Å². The van der Waals surface area contributed by atoms with E-state index in [0.29, 0.717) is 18.2 Å². The topological polar surface area (TPSA) is 21.3 Å². The Labute approximate surface area is 122 Å². The van der Waals surface area contributed by atoms with Crippen LogP contribution in [0, 0.1) is 13.8 Å². The van der Waals surface area contributed by atoms with E-state index in [-0.39, 0.29) is 12.4 Å². The fraction of sp³-hybridized carbons (Fsp3) is 0.625. The molecule has 2 aliphatic rings. The molecule has 106 valence electrons. The first-order valence-electron chi connectivity index (χ1n) is 7.15. The smallest absolute Gasteiger partial charge is 0.0725 e. The molecule has 3 heteroatoms. The predicted molar refractivity (Wildman–Crippen MR) is 80.9 cm³/mol.